The molecule has 1 fully saturated rings. The van der Waals surface area contributed by atoms with Gasteiger partial charge in [0.2, 0.25) is 0 Å². The maximum Gasteiger partial charge on any atom is 0.317 e. The molecular weight excluding hydrogens is 420 g/mol. The SMILES string of the molecule is CC(C)(C)C(=O)CN1CCN(CC(=O)O)CCCN(CC(=O)O)CCN(CC(=O)O)CC1. The van der Waals surface area contributed by atoms with Gasteiger partial charge in [0.25, 0.3) is 0 Å². The van der Waals surface area contributed by atoms with E-state index in [0.717, 1.165) is 0 Å². The van der Waals surface area contributed by atoms with E-state index < -0.39 is 23.3 Å². The molecule has 0 aliphatic carbocycles. The highest BCUT2D eigenvalue weighted by molar-refractivity contribution is 5.85. The molecule has 0 bridgehead atoms. The Morgan fingerprint density at radius 1 is 0.562 bits per heavy atom. The minimum absolute atomic E-state index is 0.0593. The fourth-order valence-electron chi connectivity index (χ4n) is 3.46. The van der Waals surface area contributed by atoms with Crippen LogP contribution in [0.15, 0.2) is 0 Å². The van der Waals surface area contributed by atoms with Gasteiger partial charge in [0.05, 0.1) is 26.2 Å². The van der Waals surface area contributed by atoms with E-state index in [1.165, 1.54) is 0 Å². The van der Waals surface area contributed by atoms with Crippen molar-refractivity contribution in [1.29, 1.82) is 0 Å². The van der Waals surface area contributed by atoms with Gasteiger partial charge >= 0.3 is 17.9 Å². The van der Waals surface area contributed by atoms with E-state index >= 15 is 0 Å². The summed E-state index contributed by atoms with van der Waals surface area (Å²) in [6, 6.07) is 0. The summed E-state index contributed by atoms with van der Waals surface area (Å²) in [5.41, 5.74) is -0.514. The number of carbonyl (C=O) groups excluding carboxylic acids is 1. The van der Waals surface area contributed by atoms with Crippen LogP contribution in [0.4, 0.5) is 0 Å². The molecule has 1 aliphatic rings. The molecule has 1 saturated heterocycles. The number of carboxylic acids is 3. The van der Waals surface area contributed by atoms with Crippen molar-refractivity contribution in [2.24, 2.45) is 5.41 Å². The summed E-state index contributed by atoms with van der Waals surface area (Å²) in [5, 5.41) is 27.7. The van der Waals surface area contributed by atoms with Crippen molar-refractivity contribution in [1.82, 2.24) is 19.6 Å². The van der Waals surface area contributed by atoms with E-state index in [2.05, 4.69) is 0 Å². The van der Waals surface area contributed by atoms with Gasteiger partial charge in [-0.1, -0.05) is 20.8 Å². The van der Waals surface area contributed by atoms with E-state index in [1.54, 1.807) is 14.7 Å². The minimum Gasteiger partial charge on any atom is -0.480 e. The largest absolute Gasteiger partial charge is 0.480 e. The first kappa shape index (κ1) is 28.0. The van der Waals surface area contributed by atoms with Crippen molar-refractivity contribution < 1.29 is 34.5 Å². The van der Waals surface area contributed by atoms with Crippen LogP contribution >= 0.6 is 0 Å². The highest BCUT2D eigenvalue weighted by atomic mass is 16.4. The number of aliphatic carboxylic acids is 3. The lowest BCUT2D eigenvalue weighted by molar-refractivity contribution is -0.140. The van der Waals surface area contributed by atoms with Crippen LogP contribution < -0.4 is 0 Å². The van der Waals surface area contributed by atoms with Gasteiger partial charge < -0.3 is 15.3 Å². The third-order valence-electron chi connectivity index (χ3n) is 5.43. The molecule has 0 saturated carbocycles. The molecule has 0 amide bonds. The second-order valence-corrected chi connectivity index (χ2v) is 9.31. The molecule has 0 aromatic carbocycles. The van der Waals surface area contributed by atoms with E-state index in [4.69, 9.17) is 0 Å². The van der Waals surface area contributed by atoms with Crippen LogP contribution in [0.3, 0.4) is 0 Å². The molecule has 3 N–H and O–H groups in total. The molecule has 0 spiro atoms. The van der Waals surface area contributed by atoms with Gasteiger partial charge in [-0.2, -0.15) is 0 Å². The van der Waals surface area contributed by atoms with Crippen LogP contribution in [0, 0.1) is 5.41 Å². The number of ketones is 1. The zero-order chi connectivity index (χ0) is 24.3. The number of nitrogens with zero attached hydrogens (tertiary/aromatic N) is 4. The first-order chi connectivity index (χ1) is 14.9. The number of hydrogen-bond acceptors (Lipinski definition) is 8. The minimum atomic E-state index is -0.968. The summed E-state index contributed by atoms with van der Waals surface area (Å²) in [7, 11) is 0. The second kappa shape index (κ2) is 13.5. The molecule has 11 heteroatoms. The Labute approximate surface area is 189 Å². The molecule has 1 aliphatic heterocycles. The summed E-state index contributed by atoms with van der Waals surface area (Å²) < 4.78 is 0. The van der Waals surface area contributed by atoms with Crippen molar-refractivity contribution in [3.05, 3.63) is 0 Å². The van der Waals surface area contributed by atoms with Crippen molar-refractivity contribution in [3.8, 4) is 0 Å². The highest BCUT2D eigenvalue weighted by Crippen LogP contribution is 2.15. The lowest BCUT2D eigenvalue weighted by Gasteiger charge is -2.30. The van der Waals surface area contributed by atoms with E-state index in [9.17, 15) is 34.5 Å². The zero-order valence-corrected chi connectivity index (χ0v) is 19.5. The number of Topliss-reactive ketones (excluding diaryl/α,β-unsaturated/α-hetero) is 1. The van der Waals surface area contributed by atoms with Gasteiger partial charge in [0.1, 0.15) is 0 Å². The smallest absolute Gasteiger partial charge is 0.317 e. The average molecular weight is 459 g/mol. The van der Waals surface area contributed by atoms with Crippen molar-refractivity contribution in [2.45, 2.75) is 27.2 Å². The van der Waals surface area contributed by atoms with Gasteiger partial charge in [-0.25, -0.2) is 0 Å². The second-order valence-electron chi connectivity index (χ2n) is 9.31. The molecule has 0 atom stereocenters. The maximum atomic E-state index is 12.6. The van der Waals surface area contributed by atoms with Crippen molar-refractivity contribution in [3.63, 3.8) is 0 Å². The predicted octanol–water partition coefficient (Wildman–Crippen LogP) is -0.533. The Bertz CT molecular complexity index is 651. The number of carbonyl (C=O) groups is 4. The predicted molar refractivity (Wildman–Crippen MR) is 118 cm³/mol. The van der Waals surface area contributed by atoms with Crippen LogP contribution in [-0.2, 0) is 19.2 Å². The highest BCUT2D eigenvalue weighted by Gasteiger charge is 2.25. The fraction of sp³-hybridized carbons (Fsp3) is 0.810. The van der Waals surface area contributed by atoms with E-state index in [1.807, 2.05) is 25.7 Å². The van der Waals surface area contributed by atoms with Crippen LogP contribution in [0.5, 0.6) is 0 Å². The molecule has 11 nitrogen and oxygen atoms in total. The molecule has 0 unspecified atom stereocenters. The third-order valence-corrected chi connectivity index (χ3v) is 5.43. The summed E-state index contributed by atoms with van der Waals surface area (Å²) in [6.45, 7) is 8.80. The summed E-state index contributed by atoms with van der Waals surface area (Å²) in [6.07, 6.45) is 0.584. The summed E-state index contributed by atoms with van der Waals surface area (Å²) in [4.78, 5) is 53.7. The van der Waals surface area contributed by atoms with Gasteiger partial charge in [-0.15, -0.1) is 0 Å². The molecule has 32 heavy (non-hydrogen) atoms. The lowest BCUT2D eigenvalue weighted by atomic mass is 9.90. The molecule has 0 aromatic rings. The first-order valence-electron chi connectivity index (χ1n) is 10.9. The molecule has 1 rings (SSSR count). The fourth-order valence-corrected chi connectivity index (χ4v) is 3.46. The third kappa shape index (κ3) is 12.1. The van der Waals surface area contributed by atoms with E-state index in [0.29, 0.717) is 58.8 Å². The first-order valence-corrected chi connectivity index (χ1v) is 10.9. The topological polar surface area (TPSA) is 142 Å². The standard InChI is InChI=1S/C21H38N4O7/c1-21(2,3)17(26)13-24-9-7-22(14-18(27)28)5-4-6-23(15-19(29)30)8-11-25(12-10-24)16-20(31)32/h4-16H2,1-3H3,(H,27,28)(H,29,30)(H,31,32). The average Bonchev–Trinajstić information content (AvgIpc) is 2.65. The zero-order valence-electron chi connectivity index (χ0n) is 19.5. The van der Waals surface area contributed by atoms with Crippen LogP contribution in [-0.4, -0.2) is 137 Å². The summed E-state index contributed by atoms with van der Waals surface area (Å²) >= 11 is 0. The Hall–Kier alpha value is -2.08. The van der Waals surface area contributed by atoms with Gasteiger partial charge in [-0.3, -0.25) is 38.8 Å². The Morgan fingerprint density at radius 3 is 1.12 bits per heavy atom. The Balaban J connectivity index is 3.01. The molecule has 0 radical (unpaired) electrons. The molecular formula is C21H38N4O7. The number of rotatable bonds is 8. The summed E-state index contributed by atoms with van der Waals surface area (Å²) in [5.74, 6) is -2.82. The molecule has 0 aromatic heterocycles. The number of carboxylic acid groups (broad SMARTS) is 3. The van der Waals surface area contributed by atoms with Crippen molar-refractivity contribution >= 4 is 23.7 Å². The van der Waals surface area contributed by atoms with Crippen LogP contribution in [0.2, 0.25) is 0 Å². The normalized spacial score (nSPS) is 19.5. The van der Waals surface area contributed by atoms with Crippen LogP contribution in [0.1, 0.15) is 27.2 Å². The van der Waals surface area contributed by atoms with Gasteiger partial charge in [-0.05, 0) is 6.42 Å². The monoisotopic (exact) mass is 458 g/mol. The Morgan fingerprint density at radius 2 is 0.844 bits per heavy atom. The van der Waals surface area contributed by atoms with Crippen molar-refractivity contribution in [2.75, 3.05) is 78.5 Å². The molecule has 184 valence electrons. The Kier molecular flexibility index (Phi) is 11.8. The maximum absolute atomic E-state index is 12.6. The van der Waals surface area contributed by atoms with Gasteiger partial charge in [0, 0.05) is 57.8 Å². The van der Waals surface area contributed by atoms with Gasteiger partial charge in [0.15, 0.2) is 5.78 Å². The lowest BCUT2D eigenvalue weighted by Crippen LogP contribution is -2.46. The van der Waals surface area contributed by atoms with E-state index in [-0.39, 0.29) is 32.0 Å². The number of hydrogen-bond donors (Lipinski definition) is 3. The molecule has 1 heterocycles. The quantitative estimate of drug-likeness (QED) is 0.432. The van der Waals surface area contributed by atoms with Crippen LogP contribution in [0.25, 0.3) is 0 Å².